The van der Waals surface area contributed by atoms with Crippen LogP contribution in [-0.4, -0.2) is 65.0 Å². The summed E-state index contributed by atoms with van der Waals surface area (Å²) in [5, 5.41) is 5.36. The molecule has 34 heavy (non-hydrogen) atoms. The van der Waals surface area contributed by atoms with Crippen molar-refractivity contribution in [2.24, 2.45) is 0 Å². The lowest BCUT2D eigenvalue weighted by atomic mass is 10.00. The molecule has 8 nitrogen and oxygen atoms in total. The molecule has 0 saturated carbocycles. The van der Waals surface area contributed by atoms with E-state index in [0.29, 0.717) is 37.2 Å². The predicted octanol–water partition coefficient (Wildman–Crippen LogP) is 3.03. The Hall–Kier alpha value is -2.92. The first-order valence-electron chi connectivity index (χ1n) is 11.1. The summed E-state index contributed by atoms with van der Waals surface area (Å²) in [7, 11) is -3.68. The van der Waals surface area contributed by atoms with Crippen LogP contribution >= 0.6 is 11.7 Å². The summed E-state index contributed by atoms with van der Waals surface area (Å²) in [5.41, 5.74) is 2.08. The van der Waals surface area contributed by atoms with Gasteiger partial charge in [0, 0.05) is 26.2 Å². The van der Waals surface area contributed by atoms with Crippen molar-refractivity contribution in [1.82, 2.24) is 23.3 Å². The fourth-order valence-electron chi connectivity index (χ4n) is 4.45. The molecule has 5 rings (SSSR count). The number of carbonyl (C=O) groups excluding carboxylic acids is 1. The van der Waals surface area contributed by atoms with Crippen LogP contribution in [-0.2, 0) is 14.8 Å². The standard InChI is InChI=1S/C24H25N5O3S2/c1-17(19-9-4-7-18-6-2-3-8-20(18)19)25-23(30)16-28-12-14-29(15-13-28)34(31,32)22-11-5-10-21-24(22)27-33-26-21/h2-11,17H,12-16H2,1H3,(H,25,30). The number of carbonyl (C=O) groups is 1. The maximum absolute atomic E-state index is 13.2. The number of aromatic nitrogens is 2. The van der Waals surface area contributed by atoms with Gasteiger partial charge in [-0.15, -0.1) is 0 Å². The number of rotatable bonds is 6. The zero-order valence-corrected chi connectivity index (χ0v) is 20.3. The maximum atomic E-state index is 13.2. The van der Waals surface area contributed by atoms with Crippen molar-refractivity contribution in [1.29, 1.82) is 0 Å². The Morgan fingerprint density at radius 3 is 2.56 bits per heavy atom. The number of amides is 1. The van der Waals surface area contributed by atoms with Crippen molar-refractivity contribution in [3.8, 4) is 0 Å². The van der Waals surface area contributed by atoms with Crippen molar-refractivity contribution in [3.63, 3.8) is 0 Å². The molecule has 1 N–H and O–H groups in total. The molecule has 0 bridgehead atoms. The molecule has 1 aliphatic rings. The van der Waals surface area contributed by atoms with E-state index in [-0.39, 0.29) is 23.4 Å². The third kappa shape index (κ3) is 4.41. The van der Waals surface area contributed by atoms with Crippen molar-refractivity contribution in [2.45, 2.75) is 17.9 Å². The van der Waals surface area contributed by atoms with Gasteiger partial charge in [0.05, 0.1) is 24.3 Å². The molecule has 4 aromatic rings. The molecule has 1 aromatic heterocycles. The second-order valence-electron chi connectivity index (χ2n) is 8.43. The lowest BCUT2D eigenvalue weighted by Crippen LogP contribution is -2.51. The number of nitrogens with one attached hydrogen (secondary N) is 1. The Morgan fingerprint density at radius 1 is 1.00 bits per heavy atom. The minimum absolute atomic E-state index is 0.0740. The zero-order valence-electron chi connectivity index (χ0n) is 18.7. The SMILES string of the molecule is CC(NC(=O)CN1CCN(S(=O)(=O)c2cccc3nsnc23)CC1)c1cccc2ccccc12. The van der Waals surface area contributed by atoms with Crippen LogP contribution in [0.5, 0.6) is 0 Å². The highest BCUT2D eigenvalue weighted by Gasteiger charge is 2.31. The molecule has 1 aliphatic heterocycles. The van der Waals surface area contributed by atoms with E-state index in [9.17, 15) is 13.2 Å². The summed E-state index contributed by atoms with van der Waals surface area (Å²) < 4.78 is 36.2. The molecule has 0 aliphatic carbocycles. The molecule has 10 heteroatoms. The van der Waals surface area contributed by atoms with Crippen LogP contribution in [0.4, 0.5) is 0 Å². The van der Waals surface area contributed by atoms with Gasteiger partial charge < -0.3 is 5.32 Å². The molecule has 1 amide bonds. The maximum Gasteiger partial charge on any atom is 0.245 e. The summed E-state index contributed by atoms with van der Waals surface area (Å²) >= 11 is 1.00. The quantitative estimate of drug-likeness (QED) is 0.442. The van der Waals surface area contributed by atoms with Crippen LogP contribution in [0, 0.1) is 0 Å². The second kappa shape index (κ2) is 9.38. The first-order valence-corrected chi connectivity index (χ1v) is 13.3. The third-order valence-electron chi connectivity index (χ3n) is 6.23. The van der Waals surface area contributed by atoms with Gasteiger partial charge in [-0.25, -0.2) is 8.42 Å². The Balaban J connectivity index is 1.20. The zero-order chi connectivity index (χ0) is 23.7. The monoisotopic (exact) mass is 495 g/mol. The van der Waals surface area contributed by atoms with E-state index >= 15 is 0 Å². The molecule has 2 heterocycles. The van der Waals surface area contributed by atoms with Gasteiger partial charge in [0.1, 0.15) is 15.9 Å². The largest absolute Gasteiger partial charge is 0.348 e. The molecule has 1 fully saturated rings. The van der Waals surface area contributed by atoms with Gasteiger partial charge >= 0.3 is 0 Å². The van der Waals surface area contributed by atoms with Gasteiger partial charge in [0.2, 0.25) is 15.9 Å². The number of fused-ring (bicyclic) bond motifs is 2. The van der Waals surface area contributed by atoms with Gasteiger partial charge in [0.25, 0.3) is 0 Å². The van der Waals surface area contributed by atoms with E-state index in [1.54, 1.807) is 18.2 Å². The van der Waals surface area contributed by atoms with Crippen molar-refractivity contribution in [3.05, 3.63) is 66.2 Å². The summed E-state index contributed by atoms with van der Waals surface area (Å²) in [5.74, 6) is -0.0740. The minimum atomic E-state index is -3.68. The summed E-state index contributed by atoms with van der Waals surface area (Å²) in [6, 6.07) is 19.1. The van der Waals surface area contributed by atoms with Gasteiger partial charge in [-0.3, -0.25) is 9.69 Å². The first-order chi connectivity index (χ1) is 16.4. The molecule has 3 aromatic carbocycles. The molecule has 1 atom stereocenters. The number of hydrogen-bond donors (Lipinski definition) is 1. The van der Waals surface area contributed by atoms with E-state index in [0.717, 1.165) is 28.1 Å². The van der Waals surface area contributed by atoms with E-state index in [4.69, 9.17) is 0 Å². The third-order valence-corrected chi connectivity index (χ3v) is 8.71. The molecule has 1 unspecified atom stereocenters. The van der Waals surface area contributed by atoms with Crippen LogP contribution in [0.1, 0.15) is 18.5 Å². The summed E-state index contributed by atoms with van der Waals surface area (Å²) in [4.78, 5) is 14.9. The van der Waals surface area contributed by atoms with Crippen molar-refractivity contribution in [2.75, 3.05) is 32.7 Å². The number of piperazine rings is 1. The van der Waals surface area contributed by atoms with Crippen LogP contribution in [0.3, 0.4) is 0 Å². The highest BCUT2D eigenvalue weighted by Crippen LogP contribution is 2.26. The molecule has 0 radical (unpaired) electrons. The second-order valence-corrected chi connectivity index (χ2v) is 10.9. The molecular formula is C24H25N5O3S2. The average Bonchev–Trinajstić information content (AvgIpc) is 3.33. The number of sulfonamides is 1. The van der Waals surface area contributed by atoms with Crippen LogP contribution < -0.4 is 5.32 Å². The number of benzene rings is 3. The topological polar surface area (TPSA) is 95.5 Å². The Labute approximate surface area is 202 Å². The first kappa shape index (κ1) is 22.9. The average molecular weight is 496 g/mol. The van der Waals surface area contributed by atoms with Crippen LogP contribution in [0.25, 0.3) is 21.8 Å². The number of hydrogen-bond acceptors (Lipinski definition) is 7. The van der Waals surface area contributed by atoms with Gasteiger partial charge in [-0.2, -0.15) is 13.1 Å². The Kier molecular flexibility index (Phi) is 6.30. The van der Waals surface area contributed by atoms with E-state index in [1.165, 1.54) is 4.31 Å². The van der Waals surface area contributed by atoms with E-state index < -0.39 is 10.0 Å². The van der Waals surface area contributed by atoms with Crippen LogP contribution in [0.15, 0.2) is 65.6 Å². The summed E-state index contributed by atoms with van der Waals surface area (Å²) in [6.07, 6.45) is 0. The Bertz CT molecular complexity index is 1440. The van der Waals surface area contributed by atoms with Gasteiger partial charge in [-0.1, -0.05) is 48.5 Å². The van der Waals surface area contributed by atoms with Gasteiger partial charge in [0.15, 0.2) is 0 Å². The van der Waals surface area contributed by atoms with E-state index in [1.807, 2.05) is 36.1 Å². The van der Waals surface area contributed by atoms with Crippen molar-refractivity contribution < 1.29 is 13.2 Å². The molecular weight excluding hydrogens is 470 g/mol. The van der Waals surface area contributed by atoms with Gasteiger partial charge in [-0.05, 0) is 35.4 Å². The highest BCUT2D eigenvalue weighted by atomic mass is 32.2. The number of nitrogens with zero attached hydrogens (tertiary/aromatic N) is 4. The smallest absolute Gasteiger partial charge is 0.245 e. The molecule has 1 saturated heterocycles. The fraction of sp³-hybridized carbons (Fsp3) is 0.292. The highest BCUT2D eigenvalue weighted by molar-refractivity contribution is 7.89. The molecule has 176 valence electrons. The fourth-order valence-corrected chi connectivity index (χ4v) is 6.63. The lowest BCUT2D eigenvalue weighted by molar-refractivity contribution is -0.123. The predicted molar refractivity (Wildman–Crippen MR) is 133 cm³/mol. The van der Waals surface area contributed by atoms with E-state index in [2.05, 4.69) is 32.3 Å². The normalized spacial score (nSPS) is 16.6. The molecule has 0 spiro atoms. The van der Waals surface area contributed by atoms with Crippen LogP contribution in [0.2, 0.25) is 0 Å². The van der Waals surface area contributed by atoms with Crippen molar-refractivity contribution >= 4 is 49.5 Å². The minimum Gasteiger partial charge on any atom is -0.348 e. The Morgan fingerprint density at radius 2 is 1.74 bits per heavy atom. The summed E-state index contributed by atoms with van der Waals surface area (Å²) in [6.45, 7) is 3.83. The lowest BCUT2D eigenvalue weighted by Gasteiger charge is -2.33.